The molecule has 0 radical (unpaired) electrons. The van der Waals surface area contributed by atoms with Gasteiger partial charge < -0.3 is 10.1 Å². The van der Waals surface area contributed by atoms with Gasteiger partial charge in [0.2, 0.25) is 0 Å². The lowest BCUT2D eigenvalue weighted by Crippen LogP contribution is -2.47. The first-order chi connectivity index (χ1) is 9.47. The minimum atomic E-state index is -0.160. The molecule has 1 aliphatic heterocycles. The molecule has 0 spiro atoms. The van der Waals surface area contributed by atoms with Crippen LogP contribution in [0.1, 0.15) is 58.6 Å². The van der Waals surface area contributed by atoms with Gasteiger partial charge in [0.1, 0.15) is 11.4 Å². The smallest absolute Gasteiger partial charge is 0.125 e. The van der Waals surface area contributed by atoms with Crippen LogP contribution in [0.2, 0.25) is 0 Å². The maximum Gasteiger partial charge on any atom is 0.125 e. The number of hydrogen-bond donors (Lipinski definition) is 1. The second-order valence-electron chi connectivity index (χ2n) is 7.35. The number of benzene rings is 1. The van der Waals surface area contributed by atoms with E-state index >= 15 is 0 Å². The van der Waals surface area contributed by atoms with E-state index in [1.165, 1.54) is 24.8 Å². The summed E-state index contributed by atoms with van der Waals surface area (Å²) in [4.78, 5) is 0. The Kier molecular flexibility index (Phi) is 3.53. The third-order valence-electron chi connectivity index (χ3n) is 5.11. The van der Waals surface area contributed by atoms with Crippen LogP contribution < -0.4 is 10.1 Å². The van der Waals surface area contributed by atoms with E-state index < -0.39 is 0 Å². The molecule has 2 nitrogen and oxygen atoms in total. The monoisotopic (exact) mass is 273 g/mol. The van der Waals surface area contributed by atoms with Crippen molar-refractivity contribution in [1.29, 1.82) is 0 Å². The Hall–Kier alpha value is -1.02. The molecule has 0 aromatic heterocycles. The van der Waals surface area contributed by atoms with Gasteiger partial charge in [-0.3, -0.25) is 0 Å². The molecule has 1 N–H and O–H groups in total. The highest BCUT2D eigenvalue weighted by Gasteiger charge is 2.42. The Morgan fingerprint density at radius 3 is 2.65 bits per heavy atom. The normalized spacial score (nSPS) is 35.4. The molecule has 0 amide bonds. The molecule has 4 atom stereocenters. The van der Waals surface area contributed by atoms with Crippen molar-refractivity contribution in [3.63, 3.8) is 0 Å². The van der Waals surface area contributed by atoms with Crippen LogP contribution in [-0.2, 0) is 0 Å². The van der Waals surface area contributed by atoms with E-state index in [0.29, 0.717) is 12.1 Å². The summed E-state index contributed by atoms with van der Waals surface area (Å²) < 4.78 is 6.14. The first-order valence-electron chi connectivity index (χ1n) is 8.01. The van der Waals surface area contributed by atoms with Crippen molar-refractivity contribution >= 4 is 0 Å². The van der Waals surface area contributed by atoms with Crippen molar-refractivity contribution in [2.24, 2.45) is 11.8 Å². The lowest BCUT2D eigenvalue weighted by Gasteiger charge is -2.38. The molecular weight excluding hydrogens is 246 g/mol. The third kappa shape index (κ3) is 2.46. The fourth-order valence-electron chi connectivity index (χ4n) is 3.95. The van der Waals surface area contributed by atoms with E-state index in [1.54, 1.807) is 0 Å². The molecule has 1 saturated carbocycles. The summed E-state index contributed by atoms with van der Waals surface area (Å²) in [5, 5.41) is 3.91. The van der Waals surface area contributed by atoms with E-state index in [1.807, 2.05) is 0 Å². The molecule has 0 bridgehead atoms. The van der Waals surface area contributed by atoms with E-state index in [9.17, 15) is 0 Å². The van der Waals surface area contributed by atoms with Crippen LogP contribution in [0, 0.1) is 11.8 Å². The zero-order valence-corrected chi connectivity index (χ0v) is 13.1. The minimum Gasteiger partial charge on any atom is -0.486 e. The molecule has 4 unspecified atom stereocenters. The summed E-state index contributed by atoms with van der Waals surface area (Å²) in [5.74, 6) is 2.68. The maximum atomic E-state index is 6.14. The number of rotatable bonds is 2. The van der Waals surface area contributed by atoms with Crippen LogP contribution in [0.3, 0.4) is 0 Å². The van der Waals surface area contributed by atoms with Gasteiger partial charge in [-0.05, 0) is 51.0 Å². The van der Waals surface area contributed by atoms with E-state index in [0.717, 1.165) is 17.6 Å². The van der Waals surface area contributed by atoms with Crippen molar-refractivity contribution in [3.8, 4) is 5.75 Å². The Balaban J connectivity index is 1.79. The zero-order valence-electron chi connectivity index (χ0n) is 13.1. The lowest BCUT2D eigenvalue weighted by molar-refractivity contribution is 0.0793. The number of ether oxygens (including phenoxy) is 1. The zero-order chi connectivity index (χ0) is 14.3. The summed E-state index contributed by atoms with van der Waals surface area (Å²) in [6.45, 7) is 9.16. The third-order valence-corrected chi connectivity index (χ3v) is 5.11. The average molecular weight is 273 g/mol. The van der Waals surface area contributed by atoms with Gasteiger partial charge in [0.05, 0.1) is 6.04 Å². The molecule has 1 aliphatic carbocycles. The van der Waals surface area contributed by atoms with E-state index in [2.05, 4.69) is 57.3 Å². The molecule has 3 rings (SSSR count). The van der Waals surface area contributed by atoms with Crippen molar-refractivity contribution in [2.45, 2.75) is 64.6 Å². The fourth-order valence-corrected chi connectivity index (χ4v) is 3.95. The van der Waals surface area contributed by atoms with E-state index in [4.69, 9.17) is 4.74 Å². The van der Waals surface area contributed by atoms with Crippen LogP contribution in [0.25, 0.3) is 0 Å². The van der Waals surface area contributed by atoms with Gasteiger partial charge in [-0.2, -0.15) is 0 Å². The Labute approximate surface area is 122 Å². The highest BCUT2D eigenvalue weighted by Crippen LogP contribution is 2.44. The van der Waals surface area contributed by atoms with Gasteiger partial charge >= 0.3 is 0 Å². The van der Waals surface area contributed by atoms with Gasteiger partial charge in [-0.1, -0.05) is 32.0 Å². The molecule has 110 valence electrons. The van der Waals surface area contributed by atoms with Gasteiger partial charge in [0, 0.05) is 11.6 Å². The number of hydrogen-bond acceptors (Lipinski definition) is 2. The largest absolute Gasteiger partial charge is 0.486 e. The van der Waals surface area contributed by atoms with Crippen molar-refractivity contribution < 1.29 is 4.74 Å². The van der Waals surface area contributed by atoms with Gasteiger partial charge in [-0.15, -0.1) is 0 Å². The van der Waals surface area contributed by atoms with Gasteiger partial charge in [0.15, 0.2) is 0 Å². The summed E-state index contributed by atoms with van der Waals surface area (Å²) in [5.41, 5.74) is 1.16. The maximum absolute atomic E-state index is 6.14. The molecule has 1 fully saturated rings. The highest BCUT2D eigenvalue weighted by molar-refractivity contribution is 5.42. The molecule has 2 aliphatic rings. The Morgan fingerprint density at radius 2 is 1.90 bits per heavy atom. The Bertz CT molecular complexity index is 482. The summed E-state index contributed by atoms with van der Waals surface area (Å²) >= 11 is 0. The molecule has 20 heavy (non-hydrogen) atoms. The summed E-state index contributed by atoms with van der Waals surface area (Å²) in [6, 6.07) is 9.39. The van der Waals surface area contributed by atoms with Crippen LogP contribution in [-0.4, -0.2) is 11.6 Å². The second-order valence-corrected chi connectivity index (χ2v) is 7.35. The minimum absolute atomic E-state index is 0.160. The summed E-state index contributed by atoms with van der Waals surface area (Å²) in [7, 11) is 0. The highest BCUT2D eigenvalue weighted by atomic mass is 16.5. The van der Waals surface area contributed by atoms with Crippen LogP contribution >= 0.6 is 0 Å². The standard InChI is InChI=1S/C18H27NO/c1-12-9-10-15(13(2)11-12)19-17-14-7-5-6-8-16(14)20-18(17,3)4/h5-8,12-13,15,17,19H,9-11H2,1-4H3. The lowest BCUT2D eigenvalue weighted by atomic mass is 9.79. The molecular formula is C18H27NO. The van der Waals surface area contributed by atoms with Crippen molar-refractivity contribution in [1.82, 2.24) is 5.32 Å². The van der Waals surface area contributed by atoms with Crippen molar-refractivity contribution in [2.75, 3.05) is 0 Å². The molecule has 1 aromatic carbocycles. The van der Waals surface area contributed by atoms with Crippen LogP contribution in [0.5, 0.6) is 5.75 Å². The first-order valence-corrected chi connectivity index (χ1v) is 8.01. The van der Waals surface area contributed by atoms with Crippen LogP contribution in [0.15, 0.2) is 24.3 Å². The molecule has 1 aromatic rings. The predicted octanol–water partition coefficient (Wildman–Crippen LogP) is 4.31. The number of para-hydroxylation sites is 1. The average Bonchev–Trinajstić information content (AvgIpc) is 2.63. The predicted molar refractivity (Wildman–Crippen MR) is 83.0 cm³/mol. The van der Waals surface area contributed by atoms with Gasteiger partial charge in [-0.25, -0.2) is 0 Å². The quantitative estimate of drug-likeness (QED) is 0.867. The molecule has 2 heteroatoms. The first kappa shape index (κ1) is 13.9. The Morgan fingerprint density at radius 1 is 1.15 bits per heavy atom. The SMILES string of the molecule is CC1CCC(NC2c3ccccc3OC2(C)C)C(C)C1. The number of fused-ring (bicyclic) bond motifs is 1. The fraction of sp³-hybridized carbons (Fsp3) is 0.667. The van der Waals surface area contributed by atoms with Crippen LogP contribution in [0.4, 0.5) is 0 Å². The van der Waals surface area contributed by atoms with E-state index in [-0.39, 0.29) is 5.60 Å². The molecule has 1 heterocycles. The van der Waals surface area contributed by atoms with Gasteiger partial charge in [0.25, 0.3) is 0 Å². The molecule has 0 saturated heterocycles. The number of nitrogens with one attached hydrogen (secondary N) is 1. The topological polar surface area (TPSA) is 21.3 Å². The second kappa shape index (κ2) is 5.07. The van der Waals surface area contributed by atoms with Crippen molar-refractivity contribution in [3.05, 3.63) is 29.8 Å². The summed E-state index contributed by atoms with van der Waals surface area (Å²) in [6.07, 6.45) is 3.97.